The fourth-order valence-corrected chi connectivity index (χ4v) is 8.67. The van der Waals surface area contributed by atoms with Gasteiger partial charge < -0.3 is 0 Å². The lowest BCUT2D eigenvalue weighted by Crippen LogP contribution is -2.01. The lowest BCUT2D eigenvalue weighted by Gasteiger charge is -2.16. The minimum Gasteiger partial charge on any atom is -0.208 e. The molecule has 0 atom stereocenters. The Kier molecular flexibility index (Phi) is 7.67. The quantitative estimate of drug-likeness (QED) is 0.174. The molecule has 3 nitrogen and oxygen atoms in total. The highest BCUT2D eigenvalue weighted by atomic mass is 32.1. The molecule has 0 aliphatic carbocycles. The van der Waals surface area contributed by atoms with Crippen molar-refractivity contribution in [1.29, 1.82) is 0 Å². The van der Waals surface area contributed by atoms with Crippen LogP contribution in [0.2, 0.25) is 0 Å². The Morgan fingerprint density at radius 1 is 0.302 bits per heavy atom. The van der Waals surface area contributed by atoms with Crippen molar-refractivity contribution in [2.24, 2.45) is 0 Å². The molecule has 0 spiro atoms. The van der Waals surface area contributed by atoms with Gasteiger partial charge in [0, 0.05) is 42.4 Å². The van der Waals surface area contributed by atoms with E-state index in [2.05, 4.69) is 146 Å². The number of benzene rings is 8. The third kappa shape index (κ3) is 5.57. The summed E-state index contributed by atoms with van der Waals surface area (Å²) in [6.45, 7) is 0. The SMILES string of the molecule is c1ccc(-c2nc(-c3ccc(-c4c(-c5cccc6c5sc5ccccc56)ccc5ccccc45)cc3)nc(-c3ccccc3-c3ccccc3)n2)cc1. The molecule has 0 saturated carbocycles. The molecule has 10 aromatic rings. The second-order valence-electron chi connectivity index (χ2n) is 13.2. The van der Waals surface area contributed by atoms with Crippen molar-refractivity contribution in [3.8, 4) is 67.5 Å². The minimum atomic E-state index is 0.636. The molecule has 0 aliphatic rings. The first-order valence-electron chi connectivity index (χ1n) is 17.8. The summed E-state index contributed by atoms with van der Waals surface area (Å²) >= 11 is 1.87. The van der Waals surface area contributed by atoms with Crippen LogP contribution in [0.25, 0.3) is 98.5 Å². The largest absolute Gasteiger partial charge is 0.208 e. The molecule has 53 heavy (non-hydrogen) atoms. The van der Waals surface area contributed by atoms with E-state index in [0.717, 1.165) is 33.4 Å². The van der Waals surface area contributed by atoms with E-state index in [9.17, 15) is 0 Å². The Morgan fingerprint density at radius 2 is 0.849 bits per heavy atom. The molecule has 0 aliphatic heterocycles. The van der Waals surface area contributed by atoms with Crippen LogP contribution in [0.4, 0.5) is 0 Å². The number of thiophene rings is 1. The topological polar surface area (TPSA) is 38.7 Å². The standard InChI is InChI=1S/C49H31N3S/c1-3-14-32(15-4-1)37-19-9-10-22-43(37)49-51-47(35-17-5-2-6-18-35)50-48(52-49)36-28-26-34(27-29-36)45-38-20-8-7-16-33(38)30-31-40(45)42-24-13-23-41-39-21-11-12-25-44(39)53-46(41)42/h1-31H. The number of hydrogen-bond donors (Lipinski definition) is 0. The van der Waals surface area contributed by atoms with Crippen LogP contribution in [0.1, 0.15) is 0 Å². The molecule has 0 radical (unpaired) electrons. The predicted molar refractivity (Wildman–Crippen MR) is 223 cm³/mol. The van der Waals surface area contributed by atoms with Crippen LogP contribution >= 0.6 is 11.3 Å². The van der Waals surface area contributed by atoms with Gasteiger partial charge in [0.25, 0.3) is 0 Å². The van der Waals surface area contributed by atoms with E-state index in [-0.39, 0.29) is 0 Å². The Balaban J connectivity index is 1.13. The van der Waals surface area contributed by atoms with Crippen molar-refractivity contribution >= 4 is 42.3 Å². The summed E-state index contributed by atoms with van der Waals surface area (Å²) in [6, 6.07) is 66.3. The van der Waals surface area contributed by atoms with Gasteiger partial charge >= 0.3 is 0 Å². The molecule has 4 heteroatoms. The number of aromatic nitrogens is 3. The van der Waals surface area contributed by atoms with Crippen molar-refractivity contribution in [1.82, 2.24) is 15.0 Å². The van der Waals surface area contributed by atoms with Crippen LogP contribution < -0.4 is 0 Å². The Bertz CT molecular complexity index is 2930. The van der Waals surface area contributed by atoms with Gasteiger partial charge in [0.15, 0.2) is 17.5 Å². The van der Waals surface area contributed by atoms with Gasteiger partial charge in [-0.05, 0) is 44.7 Å². The summed E-state index contributed by atoms with van der Waals surface area (Å²) in [6.07, 6.45) is 0. The van der Waals surface area contributed by atoms with E-state index < -0.39 is 0 Å². The molecule has 0 N–H and O–H groups in total. The lowest BCUT2D eigenvalue weighted by molar-refractivity contribution is 1.07. The zero-order valence-corrected chi connectivity index (χ0v) is 29.5. The van der Waals surface area contributed by atoms with Crippen LogP contribution in [-0.2, 0) is 0 Å². The summed E-state index contributed by atoms with van der Waals surface area (Å²) in [5.41, 5.74) is 9.88. The van der Waals surface area contributed by atoms with E-state index in [1.54, 1.807) is 0 Å². The van der Waals surface area contributed by atoms with Gasteiger partial charge in [-0.25, -0.2) is 15.0 Å². The monoisotopic (exact) mass is 693 g/mol. The first-order valence-corrected chi connectivity index (χ1v) is 18.6. The molecule has 0 fully saturated rings. The fraction of sp³-hybridized carbons (Fsp3) is 0. The normalized spacial score (nSPS) is 11.4. The Morgan fingerprint density at radius 3 is 1.62 bits per heavy atom. The molecule has 0 amide bonds. The smallest absolute Gasteiger partial charge is 0.164 e. The highest BCUT2D eigenvalue weighted by Crippen LogP contribution is 2.45. The minimum absolute atomic E-state index is 0.636. The van der Waals surface area contributed by atoms with Gasteiger partial charge in [0.2, 0.25) is 0 Å². The Labute approximate surface area is 311 Å². The second-order valence-corrected chi connectivity index (χ2v) is 14.2. The van der Waals surface area contributed by atoms with E-state index in [0.29, 0.717) is 17.5 Å². The van der Waals surface area contributed by atoms with Gasteiger partial charge in [0.05, 0.1) is 0 Å². The Hall–Kier alpha value is -6.75. The lowest BCUT2D eigenvalue weighted by atomic mass is 9.89. The van der Waals surface area contributed by atoms with Gasteiger partial charge in [-0.15, -0.1) is 11.3 Å². The molecular formula is C49H31N3S. The number of fused-ring (bicyclic) bond motifs is 4. The van der Waals surface area contributed by atoms with E-state index in [4.69, 9.17) is 15.0 Å². The molecule has 2 aromatic heterocycles. The first-order chi connectivity index (χ1) is 26.3. The van der Waals surface area contributed by atoms with E-state index in [1.165, 1.54) is 47.6 Å². The van der Waals surface area contributed by atoms with Crippen molar-refractivity contribution in [3.05, 3.63) is 188 Å². The van der Waals surface area contributed by atoms with E-state index in [1.807, 2.05) is 53.8 Å². The maximum atomic E-state index is 5.14. The third-order valence-corrected chi connectivity index (χ3v) is 11.2. The van der Waals surface area contributed by atoms with Gasteiger partial charge in [0.1, 0.15) is 0 Å². The first kappa shape index (κ1) is 31.0. The second kappa shape index (κ2) is 13.1. The molecular weight excluding hydrogens is 663 g/mol. The van der Waals surface area contributed by atoms with Crippen molar-refractivity contribution < 1.29 is 0 Å². The maximum Gasteiger partial charge on any atom is 0.164 e. The highest BCUT2D eigenvalue weighted by Gasteiger charge is 2.18. The van der Waals surface area contributed by atoms with Crippen LogP contribution in [0.15, 0.2) is 188 Å². The zero-order chi connectivity index (χ0) is 35.1. The predicted octanol–water partition coefficient (Wildman–Crippen LogP) is 13.4. The third-order valence-electron chi connectivity index (χ3n) is 9.98. The van der Waals surface area contributed by atoms with Crippen molar-refractivity contribution in [3.63, 3.8) is 0 Å². The summed E-state index contributed by atoms with van der Waals surface area (Å²) in [5, 5.41) is 5.04. The van der Waals surface area contributed by atoms with Crippen LogP contribution in [0.3, 0.4) is 0 Å². The highest BCUT2D eigenvalue weighted by molar-refractivity contribution is 7.26. The molecule has 8 aromatic carbocycles. The number of hydrogen-bond acceptors (Lipinski definition) is 4. The summed E-state index contributed by atoms with van der Waals surface area (Å²) < 4.78 is 2.61. The number of nitrogens with zero attached hydrogens (tertiary/aromatic N) is 3. The van der Waals surface area contributed by atoms with Crippen LogP contribution in [-0.4, -0.2) is 15.0 Å². The average molecular weight is 694 g/mol. The zero-order valence-electron chi connectivity index (χ0n) is 28.6. The molecule has 0 unspecified atom stereocenters. The summed E-state index contributed by atoms with van der Waals surface area (Å²) in [7, 11) is 0. The number of rotatable bonds is 6. The van der Waals surface area contributed by atoms with Crippen molar-refractivity contribution in [2.75, 3.05) is 0 Å². The average Bonchev–Trinajstić information content (AvgIpc) is 3.63. The fourth-order valence-electron chi connectivity index (χ4n) is 7.44. The molecule has 0 bridgehead atoms. The molecule has 10 rings (SSSR count). The van der Waals surface area contributed by atoms with Gasteiger partial charge in [-0.2, -0.15) is 0 Å². The van der Waals surface area contributed by atoms with Crippen molar-refractivity contribution in [2.45, 2.75) is 0 Å². The molecule has 0 saturated heterocycles. The van der Waals surface area contributed by atoms with E-state index >= 15 is 0 Å². The van der Waals surface area contributed by atoms with Crippen LogP contribution in [0, 0.1) is 0 Å². The van der Waals surface area contributed by atoms with Gasteiger partial charge in [-0.3, -0.25) is 0 Å². The molecule has 248 valence electrons. The summed E-state index contributed by atoms with van der Waals surface area (Å²) in [5.74, 6) is 1.92. The molecule has 2 heterocycles. The maximum absolute atomic E-state index is 5.14. The summed E-state index contributed by atoms with van der Waals surface area (Å²) in [4.78, 5) is 15.2. The van der Waals surface area contributed by atoms with Crippen LogP contribution in [0.5, 0.6) is 0 Å². The van der Waals surface area contributed by atoms with Gasteiger partial charge in [-0.1, -0.05) is 182 Å².